The molecule has 1 aliphatic heterocycles. The molecule has 4 rings (SSSR count). The van der Waals surface area contributed by atoms with Gasteiger partial charge in [-0.05, 0) is 68.5 Å². The Labute approximate surface area is 183 Å². The number of amides is 2. The zero-order chi connectivity index (χ0) is 22.0. The summed E-state index contributed by atoms with van der Waals surface area (Å²) in [6.45, 7) is 1.94. The molecule has 0 radical (unpaired) electrons. The Kier molecular flexibility index (Phi) is 6.15. The van der Waals surface area contributed by atoms with E-state index in [0.717, 1.165) is 68.1 Å². The van der Waals surface area contributed by atoms with Crippen LogP contribution >= 0.6 is 0 Å². The molecule has 0 saturated carbocycles. The molecule has 1 fully saturated rings. The summed E-state index contributed by atoms with van der Waals surface area (Å²) in [7, 11) is -1.57. The molecule has 1 saturated heterocycles. The maximum Gasteiger partial charge on any atom is 0.332 e. The minimum atomic E-state index is -3.66. The number of carbonyl (C=O) groups excluding carboxylic acids is 1. The number of aryl methyl sites for hydroxylation is 1. The van der Waals surface area contributed by atoms with Crippen molar-refractivity contribution >= 4 is 21.7 Å². The van der Waals surface area contributed by atoms with Crippen molar-refractivity contribution in [1.82, 2.24) is 14.6 Å². The molecular formula is C22H28N4O4S. The monoisotopic (exact) mass is 444 g/mol. The van der Waals surface area contributed by atoms with Gasteiger partial charge in [0.2, 0.25) is 15.9 Å². The molecular weight excluding hydrogens is 416 g/mol. The first-order valence-corrected chi connectivity index (χ1v) is 12.4. The second-order valence-electron chi connectivity index (χ2n) is 8.33. The van der Waals surface area contributed by atoms with E-state index in [1.807, 2.05) is 22.9 Å². The molecule has 1 aromatic carbocycles. The van der Waals surface area contributed by atoms with Crippen LogP contribution in [0.25, 0.3) is 11.1 Å². The van der Waals surface area contributed by atoms with E-state index in [1.165, 1.54) is 5.56 Å². The van der Waals surface area contributed by atoms with Gasteiger partial charge in [-0.1, -0.05) is 12.1 Å². The zero-order valence-corrected chi connectivity index (χ0v) is 18.7. The van der Waals surface area contributed by atoms with Crippen LogP contribution in [-0.2, 0) is 22.9 Å². The number of hydrogen-bond acceptors (Lipinski definition) is 6. The third kappa shape index (κ3) is 5.34. The first-order valence-electron chi connectivity index (χ1n) is 10.5. The lowest BCUT2D eigenvalue weighted by Crippen LogP contribution is -2.38. The highest BCUT2D eigenvalue weighted by molar-refractivity contribution is 7.89. The molecule has 8 nitrogen and oxygen atoms in total. The van der Waals surface area contributed by atoms with Gasteiger partial charge >= 0.3 is 6.03 Å². The molecule has 1 atom stereocenters. The topological polar surface area (TPSA) is 101 Å². The summed E-state index contributed by atoms with van der Waals surface area (Å²) in [4.78, 5) is 19.0. The number of nitrogens with zero attached hydrogens (tertiary/aromatic N) is 2. The molecule has 31 heavy (non-hydrogen) atoms. The average Bonchev–Trinajstić information content (AvgIpc) is 3.16. The van der Waals surface area contributed by atoms with E-state index in [2.05, 4.69) is 28.3 Å². The van der Waals surface area contributed by atoms with Crippen LogP contribution < -0.4 is 14.8 Å². The normalized spacial score (nSPS) is 19.0. The molecule has 2 heterocycles. The van der Waals surface area contributed by atoms with Crippen molar-refractivity contribution in [3.8, 4) is 17.0 Å². The highest BCUT2D eigenvalue weighted by Crippen LogP contribution is 2.38. The van der Waals surface area contributed by atoms with E-state index in [1.54, 1.807) is 6.20 Å². The number of likely N-dealkylation sites (tertiary alicyclic amines) is 1. The maximum absolute atomic E-state index is 12.3. The summed E-state index contributed by atoms with van der Waals surface area (Å²) in [5.74, 6) is 0.546. The van der Waals surface area contributed by atoms with Gasteiger partial charge in [0, 0.05) is 24.4 Å². The van der Waals surface area contributed by atoms with Crippen molar-refractivity contribution in [2.45, 2.75) is 38.2 Å². The number of carbonyl (C=O) groups is 1. The van der Waals surface area contributed by atoms with Crippen LogP contribution in [0.5, 0.6) is 5.88 Å². The van der Waals surface area contributed by atoms with Crippen molar-refractivity contribution in [1.29, 1.82) is 0 Å². The number of fused-ring (bicyclic) bond motifs is 1. The summed E-state index contributed by atoms with van der Waals surface area (Å²) < 4.78 is 31.1. The smallest absolute Gasteiger partial charge is 0.332 e. The number of aromatic nitrogens is 1. The summed E-state index contributed by atoms with van der Waals surface area (Å²) in [6.07, 6.45) is 7.62. The Morgan fingerprint density at radius 3 is 2.84 bits per heavy atom. The fraction of sp³-hybridized carbons (Fsp3) is 0.455. The molecule has 2 aliphatic rings. The van der Waals surface area contributed by atoms with Gasteiger partial charge in [0.1, 0.15) is 6.10 Å². The molecule has 0 bridgehead atoms. The molecule has 2 aromatic rings. The lowest BCUT2D eigenvalue weighted by Gasteiger charge is -2.29. The molecule has 2 amide bonds. The van der Waals surface area contributed by atoms with Crippen LogP contribution in [-0.4, -0.2) is 56.8 Å². The number of hydrogen-bond donors (Lipinski definition) is 2. The first-order chi connectivity index (χ1) is 14.8. The van der Waals surface area contributed by atoms with Crippen LogP contribution in [0, 0.1) is 0 Å². The predicted molar refractivity (Wildman–Crippen MR) is 120 cm³/mol. The minimum absolute atomic E-state index is 0.0969. The third-order valence-corrected chi connectivity index (χ3v) is 6.27. The number of benzene rings is 1. The number of likely N-dealkylation sites (N-methyl/N-ethyl adjacent to an activating group) is 1. The van der Waals surface area contributed by atoms with Crippen molar-refractivity contribution in [2.75, 3.05) is 31.7 Å². The van der Waals surface area contributed by atoms with Crippen LogP contribution in [0.3, 0.4) is 0 Å². The van der Waals surface area contributed by atoms with Gasteiger partial charge in [0.05, 0.1) is 11.9 Å². The fourth-order valence-corrected chi connectivity index (χ4v) is 4.77. The number of piperidine rings is 1. The number of nitrogens with one attached hydrogen (secondary N) is 2. The van der Waals surface area contributed by atoms with Gasteiger partial charge in [-0.2, -0.15) is 0 Å². The predicted octanol–water partition coefficient (Wildman–Crippen LogP) is 2.79. The molecule has 9 heteroatoms. The van der Waals surface area contributed by atoms with E-state index in [0.29, 0.717) is 11.6 Å². The summed E-state index contributed by atoms with van der Waals surface area (Å²) >= 11 is 0. The van der Waals surface area contributed by atoms with Crippen molar-refractivity contribution < 1.29 is 17.9 Å². The quantitative estimate of drug-likeness (QED) is 0.736. The average molecular weight is 445 g/mol. The van der Waals surface area contributed by atoms with Crippen LogP contribution in [0.2, 0.25) is 0 Å². The van der Waals surface area contributed by atoms with Gasteiger partial charge in [0.15, 0.2) is 0 Å². The number of ether oxygens (including phenoxy) is 1. The van der Waals surface area contributed by atoms with E-state index in [9.17, 15) is 13.2 Å². The third-order valence-electron chi connectivity index (χ3n) is 5.71. The van der Waals surface area contributed by atoms with Gasteiger partial charge < -0.3 is 15.0 Å². The lowest BCUT2D eigenvalue weighted by molar-refractivity contribution is 0.100. The SMILES string of the molecule is CN1CCCC(Oc2cc(-c3ccc4c(c3NC(=O)NS(C)(=O)=O)CCC4)ccn2)C1. The number of rotatable bonds is 5. The number of urea groups is 1. The van der Waals surface area contributed by atoms with Gasteiger partial charge in [-0.25, -0.2) is 22.9 Å². The fourth-order valence-electron chi connectivity index (χ4n) is 4.38. The number of pyridine rings is 1. The van der Waals surface area contributed by atoms with Crippen molar-refractivity contribution in [2.24, 2.45) is 0 Å². The Bertz CT molecular complexity index is 1090. The Morgan fingerprint density at radius 1 is 1.23 bits per heavy atom. The van der Waals surface area contributed by atoms with E-state index >= 15 is 0 Å². The Morgan fingerprint density at radius 2 is 2.06 bits per heavy atom. The molecule has 1 aliphatic carbocycles. The van der Waals surface area contributed by atoms with Crippen molar-refractivity contribution in [3.05, 3.63) is 41.6 Å². The number of anilines is 1. The van der Waals surface area contributed by atoms with Crippen molar-refractivity contribution in [3.63, 3.8) is 0 Å². The lowest BCUT2D eigenvalue weighted by atomic mass is 9.98. The standard InChI is InChI=1S/C22H28N4O4S/c1-26-12-4-6-17(14-26)30-20-13-16(10-11-23-20)19-9-8-15-5-3-7-18(15)21(19)24-22(27)25-31(2,28)29/h8-11,13,17H,3-7,12,14H2,1-2H3,(H2,24,25,27). The van der Waals surface area contributed by atoms with E-state index in [4.69, 9.17) is 4.74 Å². The molecule has 1 aromatic heterocycles. The van der Waals surface area contributed by atoms with Gasteiger partial charge in [-0.15, -0.1) is 0 Å². The maximum atomic E-state index is 12.3. The summed E-state index contributed by atoms with van der Waals surface area (Å²) in [5, 5.41) is 2.78. The first kappa shape index (κ1) is 21.6. The van der Waals surface area contributed by atoms with Gasteiger partial charge in [-0.3, -0.25) is 0 Å². The van der Waals surface area contributed by atoms with Crippen LogP contribution in [0.15, 0.2) is 30.5 Å². The van der Waals surface area contributed by atoms with Crippen LogP contribution in [0.1, 0.15) is 30.4 Å². The summed E-state index contributed by atoms with van der Waals surface area (Å²) in [5.41, 5.74) is 4.55. The highest BCUT2D eigenvalue weighted by Gasteiger charge is 2.23. The van der Waals surface area contributed by atoms with E-state index in [-0.39, 0.29) is 6.10 Å². The van der Waals surface area contributed by atoms with Gasteiger partial charge in [0.25, 0.3) is 0 Å². The molecule has 2 N–H and O–H groups in total. The molecule has 166 valence electrons. The second kappa shape index (κ2) is 8.84. The van der Waals surface area contributed by atoms with Crippen LogP contribution in [0.4, 0.5) is 10.5 Å². The largest absolute Gasteiger partial charge is 0.473 e. The molecule has 0 spiro atoms. The zero-order valence-electron chi connectivity index (χ0n) is 17.8. The highest BCUT2D eigenvalue weighted by atomic mass is 32.2. The second-order valence-corrected chi connectivity index (χ2v) is 10.1. The summed E-state index contributed by atoms with van der Waals surface area (Å²) in [6, 6.07) is 7.03. The minimum Gasteiger partial charge on any atom is -0.473 e. The Balaban J connectivity index is 1.64. The molecule has 1 unspecified atom stereocenters. The van der Waals surface area contributed by atoms with E-state index < -0.39 is 16.1 Å². The Hall–Kier alpha value is -2.65. The number of sulfonamides is 1.